The van der Waals surface area contributed by atoms with Crippen LogP contribution in [0.2, 0.25) is 0 Å². The van der Waals surface area contributed by atoms with Gasteiger partial charge in [-0.3, -0.25) is 4.99 Å². The molecule has 3 rings (SSSR count). The summed E-state index contributed by atoms with van der Waals surface area (Å²) in [5.74, 6) is 1.46. The molecule has 1 heterocycles. The Balaban J connectivity index is 2.27. The molecule has 0 saturated heterocycles. The predicted molar refractivity (Wildman–Crippen MR) is 87.9 cm³/mol. The average Bonchev–Trinajstić information content (AvgIpc) is 2.55. The first-order valence-electron chi connectivity index (χ1n) is 6.80. The fraction of sp³-hybridized carbons (Fsp3) is 0.235. The van der Waals surface area contributed by atoms with Gasteiger partial charge in [-0.1, -0.05) is 46.3 Å². The molecule has 0 unspecified atom stereocenters. The first-order valence-corrected chi connectivity index (χ1v) is 7.59. The zero-order valence-corrected chi connectivity index (χ0v) is 13.6. The number of hydrogen-bond acceptors (Lipinski definition) is 3. The van der Waals surface area contributed by atoms with Gasteiger partial charge in [0.25, 0.3) is 0 Å². The van der Waals surface area contributed by atoms with E-state index in [1.54, 1.807) is 14.2 Å². The van der Waals surface area contributed by atoms with Crippen LogP contribution in [0.3, 0.4) is 0 Å². The smallest absolute Gasteiger partial charge is 0.170 e. The minimum absolute atomic E-state index is 0.716. The van der Waals surface area contributed by atoms with E-state index in [1.807, 2.05) is 24.3 Å². The fourth-order valence-electron chi connectivity index (χ4n) is 2.69. The molecule has 21 heavy (non-hydrogen) atoms. The van der Waals surface area contributed by atoms with Gasteiger partial charge in [-0.05, 0) is 18.1 Å². The third kappa shape index (κ3) is 2.44. The fourth-order valence-corrected chi connectivity index (χ4v) is 3.29. The van der Waals surface area contributed by atoms with Crippen molar-refractivity contribution in [1.29, 1.82) is 0 Å². The molecule has 0 N–H and O–H groups in total. The Morgan fingerprint density at radius 3 is 2.52 bits per heavy atom. The van der Waals surface area contributed by atoms with Crippen molar-refractivity contribution in [3.05, 3.63) is 57.6 Å². The van der Waals surface area contributed by atoms with E-state index in [-0.39, 0.29) is 0 Å². The van der Waals surface area contributed by atoms with Gasteiger partial charge < -0.3 is 9.47 Å². The van der Waals surface area contributed by atoms with Gasteiger partial charge in [0.2, 0.25) is 0 Å². The van der Waals surface area contributed by atoms with Crippen LogP contribution in [-0.2, 0) is 6.42 Å². The molecule has 4 heteroatoms. The molecule has 0 spiro atoms. The van der Waals surface area contributed by atoms with Crippen molar-refractivity contribution < 1.29 is 9.47 Å². The lowest BCUT2D eigenvalue weighted by atomic mass is 9.92. The number of methoxy groups -OCH3 is 2. The molecule has 0 atom stereocenters. The third-order valence-corrected chi connectivity index (χ3v) is 4.35. The van der Waals surface area contributed by atoms with Crippen LogP contribution in [0.15, 0.2) is 45.9 Å². The van der Waals surface area contributed by atoms with Gasteiger partial charge in [0.05, 0.1) is 25.5 Å². The summed E-state index contributed by atoms with van der Waals surface area (Å²) in [6.45, 7) is 0.783. The summed E-state index contributed by atoms with van der Waals surface area (Å²) in [6.07, 6.45) is 0.895. The maximum Gasteiger partial charge on any atom is 0.170 e. The van der Waals surface area contributed by atoms with Crippen LogP contribution in [0.5, 0.6) is 11.5 Å². The van der Waals surface area contributed by atoms with Gasteiger partial charge in [-0.25, -0.2) is 0 Å². The van der Waals surface area contributed by atoms with Crippen LogP contribution < -0.4 is 9.47 Å². The number of benzene rings is 2. The molecule has 0 fully saturated rings. The lowest BCUT2D eigenvalue weighted by Crippen LogP contribution is -2.16. The number of fused-ring (bicyclic) bond motifs is 1. The molecule has 0 bridgehead atoms. The van der Waals surface area contributed by atoms with Gasteiger partial charge in [0.1, 0.15) is 0 Å². The standard InChI is InChI=1S/C17H16BrNO2/c1-20-14-10-13(18)12-8-9-19-16(15(12)17(14)21-2)11-6-4-3-5-7-11/h3-7,10H,8-9H2,1-2H3. The Kier molecular flexibility index (Phi) is 3.97. The maximum atomic E-state index is 5.61. The first-order chi connectivity index (χ1) is 10.3. The van der Waals surface area contributed by atoms with Crippen molar-refractivity contribution in [2.75, 3.05) is 20.8 Å². The maximum absolute atomic E-state index is 5.61. The van der Waals surface area contributed by atoms with Gasteiger partial charge in [0.15, 0.2) is 11.5 Å². The van der Waals surface area contributed by atoms with Crippen molar-refractivity contribution in [1.82, 2.24) is 0 Å². The van der Waals surface area contributed by atoms with Crippen molar-refractivity contribution in [2.45, 2.75) is 6.42 Å². The summed E-state index contributed by atoms with van der Waals surface area (Å²) in [4.78, 5) is 4.73. The number of ether oxygens (including phenoxy) is 2. The van der Waals surface area contributed by atoms with E-state index in [0.29, 0.717) is 5.75 Å². The van der Waals surface area contributed by atoms with Crippen molar-refractivity contribution >= 4 is 21.6 Å². The quantitative estimate of drug-likeness (QED) is 0.845. The lowest BCUT2D eigenvalue weighted by molar-refractivity contribution is 0.353. The van der Waals surface area contributed by atoms with E-state index in [1.165, 1.54) is 5.56 Å². The first kappa shape index (κ1) is 14.1. The van der Waals surface area contributed by atoms with E-state index in [4.69, 9.17) is 14.5 Å². The topological polar surface area (TPSA) is 30.8 Å². The number of nitrogens with zero attached hydrogens (tertiary/aromatic N) is 1. The van der Waals surface area contributed by atoms with Crippen LogP contribution in [0.25, 0.3) is 0 Å². The number of halogens is 1. The molecule has 0 aliphatic carbocycles. The van der Waals surface area contributed by atoms with Crippen LogP contribution in [0.1, 0.15) is 16.7 Å². The van der Waals surface area contributed by atoms with Gasteiger partial charge in [-0.2, -0.15) is 0 Å². The van der Waals surface area contributed by atoms with E-state index in [2.05, 4.69) is 28.1 Å². The molecular weight excluding hydrogens is 330 g/mol. The highest BCUT2D eigenvalue weighted by molar-refractivity contribution is 9.10. The van der Waals surface area contributed by atoms with Crippen LogP contribution in [0.4, 0.5) is 0 Å². The summed E-state index contributed by atoms with van der Waals surface area (Å²) >= 11 is 3.65. The summed E-state index contributed by atoms with van der Waals surface area (Å²) in [7, 11) is 3.32. The Labute approximate surface area is 132 Å². The zero-order valence-electron chi connectivity index (χ0n) is 12.0. The summed E-state index contributed by atoms with van der Waals surface area (Å²) in [5, 5.41) is 0. The Hall–Kier alpha value is -1.81. The number of hydrogen-bond donors (Lipinski definition) is 0. The molecule has 0 saturated carbocycles. The van der Waals surface area contributed by atoms with E-state index < -0.39 is 0 Å². The largest absolute Gasteiger partial charge is 0.493 e. The monoisotopic (exact) mass is 345 g/mol. The SMILES string of the molecule is COc1cc(Br)c2c(c1OC)C(c1ccccc1)=NCC2. The van der Waals surface area contributed by atoms with Crippen LogP contribution in [-0.4, -0.2) is 26.5 Å². The van der Waals surface area contributed by atoms with Crippen LogP contribution >= 0.6 is 15.9 Å². The molecule has 0 aromatic heterocycles. The second-order valence-electron chi connectivity index (χ2n) is 4.79. The highest BCUT2D eigenvalue weighted by Crippen LogP contribution is 2.41. The minimum Gasteiger partial charge on any atom is -0.493 e. The molecule has 0 amide bonds. The summed E-state index contributed by atoms with van der Waals surface area (Å²) in [6, 6.07) is 12.2. The van der Waals surface area contributed by atoms with Gasteiger partial charge in [-0.15, -0.1) is 0 Å². The molecule has 3 nitrogen and oxygen atoms in total. The molecule has 0 radical (unpaired) electrons. The molecule has 108 valence electrons. The van der Waals surface area contributed by atoms with Crippen LogP contribution in [0, 0.1) is 0 Å². The average molecular weight is 346 g/mol. The van der Waals surface area contributed by atoms with Crippen molar-refractivity contribution in [3.63, 3.8) is 0 Å². The zero-order chi connectivity index (χ0) is 14.8. The van der Waals surface area contributed by atoms with Crippen molar-refractivity contribution in [3.8, 4) is 11.5 Å². The summed E-state index contributed by atoms with van der Waals surface area (Å²) < 4.78 is 12.1. The van der Waals surface area contributed by atoms with Gasteiger partial charge in [0, 0.05) is 16.6 Å². The molecule has 1 aliphatic rings. The minimum atomic E-state index is 0.716. The Morgan fingerprint density at radius 1 is 1.10 bits per heavy atom. The Morgan fingerprint density at radius 2 is 1.86 bits per heavy atom. The van der Waals surface area contributed by atoms with E-state index >= 15 is 0 Å². The second-order valence-corrected chi connectivity index (χ2v) is 5.65. The molecule has 2 aromatic carbocycles. The highest BCUT2D eigenvalue weighted by Gasteiger charge is 2.25. The normalized spacial score (nSPS) is 13.4. The van der Waals surface area contributed by atoms with Crippen molar-refractivity contribution in [2.24, 2.45) is 4.99 Å². The number of rotatable bonds is 3. The van der Waals surface area contributed by atoms with E-state index in [0.717, 1.165) is 40.0 Å². The highest BCUT2D eigenvalue weighted by atomic mass is 79.9. The second kappa shape index (κ2) is 5.90. The molecule has 2 aromatic rings. The van der Waals surface area contributed by atoms with E-state index in [9.17, 15) is 0 Å². The molecular formula is C17H16BrNO2. The predicted octanol–water partition coefficient (Wildman–Crippen LogP) is 3.86. The lowest BCUT2D eigenvalue weighted by Gasteiger charge is -2.23. The third-order valence-electron chi connectivity index (χ3n) is 3.64. The summed E-state index contributed by atoms with van der Waals surface area (Å²) in [5.41, 5.74) is 4.31. The number of aliphatic imine (C=N–C) groups is 1. The van der Waals surface area contributed by atoms with Gasteiger partial charge >= 0.3 is 0 Å². The molecule has 1 aliphatic heterocycles. The Bertz CT molecular complexity index is 696.